The van der Waals surface area contributed by atoms with Crippen molar-refractivity contribution >= 4 is 29.7 Å². The van der Waals surface area contributed by atoms with Gasteiger partial charge in [0.25, 0.3) is 0 Å². The quantitative estimate of drug-likeness (QED) is 0.580. The molecular weight excluding hydrogens is 380 g/mol. The predicted molar refractivity (Wildman–Crippen MR) is 108 cm³/mol. The molecule has 0 bridgehead atoms. The van der Waals surface area contributed by atoms with Crippen molar-refractivity contribution in [2.75, 3.05) is 18.6 Å². The number of amides is 2. The van der Waals surface area contributed by atoms with Gasteiger partial charge < -0.3 is 20.1 Å². The van der Waals surface area contributed by atoms with Crippen LogP contribution in [0.2, 0.25) is 0 Å². The first-order valence-electron chi connectivity index (χ1n) is 9.20. The molecule has 2 amide bonds. The molecule has 1 aromatic carbocycles. The molecule has 0 aliphatic heterocycles. The molecule has 0 fully saturated rings. The number of carbonyl (C=O) groups excluding carboxylic acids is 2. The zero-order chi connectivity index (χ0) is 20.4. The molecule has 152 valence electrons. The van der Waals surface area contributed by atoms with Crippen molar-refractivity contribution in [3.05, 3.63) is 47.7 Å². The molecule has 1 aromatic rings. The van der Waals surface area contributed by atoms with E-state index in [-0.39, 0.29) is 24.7 Å². The lowest BCUT2D eigenvalue weighted by atomic mass is 10.2. The third-order valence-electron chi connectivity index (χ3n) is 4.40. The molecule has 0 aromatic heterocycles. The molecule has 0 radical (unpaired) electrons. The van der Waals surface area contributed by atoms with E-state index in [1.165, 1.54) is 11.8 Å². The third-order valence-corrected chi connectivity index (χ3v) is 5.38. The number of hydrogen-bond donors (Lipinski definition) is 2. The second-order valence-corrected chi connectivity index (χ2v) is 7.58. The minimum Gasteiger partial charge on any atom is -0.480 e. The Labute approximate surface area is 169 Å². The average Bonchev–Trinajstić information content (AvgIpc) is 3.23. The summed E-state index contributed by atoms with van der Waals surface area (Å²) in [7, 11) is 1.77. The maximum atomic E-state index is 12.2. The summed E-state index contributed by atoms with van der Waals surface area (Å²) in [6, 6.07) is 8.09. The van der Waals surface area contributed by atoms with E-state index in [9.17, 15) is 19.5 Å². The Kier molecular flexibility index (Phi) is 8.87. The van der Waals surface area contributed by atoms with Gasteiger partial charge in [0.05, 0.1) is 5.75 Å². The first kappa shape index (κ1) is 21.8. The summed E-state index contributed by atoms with van der Waals surface area (Å²) in [5.41, 5.74) is 1.87. The van der Waals surface area contributed by atoms with Crippen LogP contribution in [0.1, 0.15) is 31.2 Å². The van der Waals surface area contributed by atoms with E-state index >= 15 is 0 Å². The maximum absolute atomic E-state index is 12.2. The largest absolute Gasteiger partial charge is 0.480 e. The Morgan fingerprint density at radius 2 is 2.04 bits per heavy atom. The van der Waals surface area contributed by atoms with E-state index in [2.05, 4.69) is 11.4 Å². The standard InChI is InChI=1S/C20H26N2O5S/c1-22(16-9-5-6-10-16)18(23)14-28-12-11-17(19(24)25)21-20(26)27-13-15-7-3-2-4-8-15/h2-4,7-9,17H,5-6,10-14H2,1H3,(H,21,26)(H,24,25). The molecule has 0 saturated carbocycles. The molecule has 0 spiro atoms. The number of carboxylic acids is 1. The number of nitrogens with one attached hydrogen (secondary N) is 1. The molecule has 28 heavy (non-hydrogen) atoms. The van der Waals surface area contributed by atoms with Gasteiger partial charge >= 0.3 is 12.1 Å². The SMILES string of the molecule is CN(C(=O)CSCCC(NC(=O)OCc1ccccc1)C(=O)O)C1=CCCC1. The van der Waals surface area contributed by atoms with Crippen LogP contribution in [0, 0.1) is 0 Å². The van der Waals surface area contributed by atoms with Gasteiger partial charge in [-0.3, -0.25) is 4.79 Å². The Hall–Kier alpha value is -2.48. The first-order valence-corrected chi connectivity index (χ1v) is 10.4. The van der Waals surface area contributed by atoms with Gasteiger partial charge in [-0.1, -0.05) is 36.4 Å². The second-order valence-electron chi connectivity index (χ2n) is 6.48. The number of allylic oxidation sites excluding steroid dienone is 2. The lowest BCUT2D eigenvalue weighted by molar-refractivity contribution is -0.139. The zero-order valence-corrected chi connectivity index (χ0v) is 16.7. The van der Waals surface area contributed by atoms with E-state index in [1.807, 2.05) is 30.3 Å². The van der Waals surface area contributed by atoms with Crippen LogP contribution in [0.5, 0.6) is 0 Å². The molecular formula is C20H26N2O5S. The van der Waals surface area contributed by atoms with Crippen LogP contribution in [-0.2, 0) is 20.9 Å². The van der Waals surface area contributed by atoms with Crippen LogP contribution in [0.4, 0.5) is 4.79 Å². The fraction of sp³-hybridized carbons (Fsp3) is 0.450. The number of carboxylic acid groups (broad SMARTS) is 1. The summed E-state index contributed by atoms with van der Waals surface area (Å²) in [6.07, 6.45) is 4.51. The third kappa shape index (κ3) is 7.26. The average molecular weight is 407 g/mol. The number of benzene rings is 1. The van der Waals surface area contributed by atoms with Gasteiger partial charge in [0, 0.05) is 12.7 Å². The molecule has 7 nitrogen and oxygen atoms in total. The fourth-order valence-electron chi connectivity index (χ4n) is 2.74. The van der Waals surface area contributed by atoms with Crippen molar-refractivity contribution in [1.29, 1.82) is 0 Å². The highest BCUT2D eigenvalue weighted by molar-refractivity contribution is 7.99. The smallest absolute Gasteiger partial charge is 0.408 e. The second kappa shape index (κ2) is 11.4. The number of thioether (sulfide) groups is 1. The van der Waals surface area contributed by atoms with Crippen molar-refractivity contribution in [3.8, 4) is 0 Å². The van der Waals surface area contributed by atoms with Crippen molar-refractivity contribution in [3.63, 3.8) is 0 Å². The summed E-state index contributed by atoms with van der Waals surface area (Å²) in [4.78, 5) is 37.0. The van der Waals surface area contributed by atoms with Gasteiger partial charge in [0.1, 0.15) is 12.6 Å². The number of nitrogens with zero attached hydrogens (tertiary/aromatic N) is 1. The molecule has 2 rings (SSSR count). The van der Waals surface area contributed by atoms with E-state index in [0.717, 1.165) is 30.5 Å². The van der Waals surface area contributed by atoms with Crippen LogP contribution in [-0.4, -0.2) is 52.6 Å². The van der Waals surface area contributed by atoms with Crippen molar-refractivity contribution in [2.24, 2.45) is 0 Å². The van der Waals surface area contributed by atoms with E-state index in [1.54, 1.807) is 11.9 Å². The number of aliphatic carboxylic acids is 1. The number of ether oxygens (including phenoxy) is 1. The van der Waals surface area contributed by atoms with Crippen molar-refractivity contribution in [2.45, 2.75) is 38.3 Å². The Morgan fingerprint density at radius 1 is 1.29 bits per heavy atom. The fourth-order valence-corrected chi connectivity index (χ4v) is 3.66. The van der Waals surface area contributed by atoms with E-state index < -0.39 is 18.1 Å². The van der Waals surface area contributed by atoms with Crippen molar-refractivity contribution in [1.82, 2.24) is 10.2 Å². The number of hydrogen-bond acceptors (Lipinski definition) is 5. The van der Waals surface area contributed by atoms with Crippen LogP contribution in [0.15, 0.2) is 42.1 Å². The lowest BCUT2D eigenvalue weighted by Crippen LogP contribution is -2.41. The molecule has 2 N–H and O–H groups in total. The summed E-state index contributed by atoms with van der Waals surface area (Å²) in [6.45, 7) is 0.0739. The Balaban J connectivity index is 1.68. The van der Waals surface area contributed by atoms with Gasteiger partial charge in [-0.05, 0) is 37.0 Å². The summed E-state index contributed by atoms with van der Waals surface area (Å²) < 4.78 is 5.05. The number of rotatable bonds is 10. The van der Waals surface area contributed by atoms with Gasteiger partial charge in [0.2, 0.25) is 5.91 Å². The van der Waals surface area contributed by atoms with Crippen LogP contribution in [0.25, 0.3) is 0 Å². The Morgan fingerprint density at radius 3 is 2.68 bits per heavy atom. The summed E-state index contributed by atoms with van der Waals surface area (Å²) in [5, 5.41) is 11.6. The highest BCUT2D eigenvalue weighted by Gasteiger charge is 2.21. The lowest BCUT2D eigenvalue weighted by Gasteiger charge is -2.18. The molecule has 8 heteroatoms. The van der Waals surface area contributed by atoms with Gasteiger partial charge in [-0.15, -0.1) is 0 Å². The zero-order valence-electron chi connectivity index (χ0n) is 15.9. The first-order chi connectivity index (χ1) is 13.5. The maximum Gasteiger partial charge on any atom is 0.408 e. The minimum absolute atomic E-state index is 0.000236. The van der Waals surface area contributed by atoms with Gasteiger partial charge in [0.15, 0.2) is 0 Å². The molecule has 1 aliphatic rings. The highest BCUT2D eigenvalue weighted by atomic mass is 32.2. The summed E-state index contributed by atoms with van der Waals surface area (Å²) >= 11 is 1.36. The number of carbonyl (C=O) groups is 3. The molecule has 0 heterocycles. The predicted octanol–water partition coefficient (Wildman–Crippen LogP) is 3.02. The molecule has 1 unspecified atom stereocenters. The monoisotopic (exact) mass is 406 g/mol. The van der Waals surface area contributed by atoms with Crippen LogP contribution in [0.3, 0.4) is 0 Å². The van der Waals surface area contributed by atoms with Crippen LogP contribution >= 0.6 is 11.8 Å². The highest BCUT2D eigenvalue weighted by Crippen LogP contribution is 2.21. The number of alkyl carbamates (subject to hydrolysis) is 1. The molecule has 0 saturated heterocycles. The Bertz CT molecular complexity index is 708. The topological polar surface area (TPSA) is 95.9 Å². The van der Waals surface area contributed by atoms with E-state index in [0.29, 0.717) is 5.75 Å². The van der Waals surface area contributed by atoms with Crippen LogP contribution < -0.4 is 5.32 Å². The molecule has 1 aliphatic carbocycles. The minimum atomic E-state index is -1.13. The molecule has 1 atom stereocenters. The van der Waals surface area contributed by atoms with E-state index in [4.69, 9.17) is 4.74 Å². The normalized spacial score (nSPS) is 14.1. The van der Waals surface area contributed by atoms with Crippen molar-refractivity contribution < 1.29 is 24.2 Å². The van der Waals surface area contributed by atoms with Gasteiger partial charge in [-0.25, -0.2) is 9.59 Å². The summed E-state index contributed by atoms with van der Waals surface area (Å²) in [5.74, 6) is -0.412. The van der Waals surface area contributed by atoms with Gasteiger partial charge in [-0.2, -0.15) is 11.8 Å².